The minimum Gasteiger partial charge on any atom is -0.379 e. The predicted molar refractivity (Wildman–Crippen MR) is 97.0 cm³/mol. The second kappa shape index (κ2) is 9.53. The average Bonchev–Trinajstić information content (AvgIpc) is 2.94. The fraction of sp³-hybridized carbons (Fsp3) is 0.688. The second-order valence-corrected chi connectivity index (χ2v) is 6.48. The number of fused-ring (bicyclic) bond motifs is 1. The fourth-order valence-corrected chi connectivity index (χ4v) is 2.23. The zero-order valence-electron chi connectivity index (χ0n) is 16.2. The summed E-state index contributed by atoms with van der Waals surface area (Å²) >= 11 is 0. The van der Waals surface area contributed by atoms with E-state index in [4.69, 9.17) is 14.2 Å². The zero-order valence-corrected chi connectivity index (χ0v) is 16.2. The number of hydrogen-bond acceptors (Lipinski definition) is 8. The summed E-state index contributed by atoms with van der Waals surface area (Å²) < 4.78 is 18.4. The standard InChI is InChI=1S/C16H26N6O5/c1-9(2)25-7-6-12(27-10(3)4)26-8-22-14-13(20-21-22)15(24)19-16(18-14)17-11(5)23/h9-10,12H,6-8H2,1-5H3,(H2,17,18,19,23,24). The molecule has 2 N–H and O–H groups in total. The Morgan fingerprint density at radius 3 is 2.59 bits per heavy atom. The van der Waals surface area contributed by atoms with Crippen molar-refractivity contribution in [2.75, 3.05) is 11.9 Å². The third-order valence-corrected chi connectivity index (χ3v) is 3.28. The molecule has 2 rings (SSSR count). The number of amides is 1. The summed E-state index contributed by atoms with van der Waals surface area (Å²) in [6.07, 6.45) is 0.106. The van der Waals surface area contributed by atoms with Gasteiger partial charge in [0, 0.05) is 13.3 Å². The molecule has 0 radical (unpaired) electrons. The third kappa shape index (κ3) is 6.38. The fourth-order valence-electron chi connectivity index (χ4n) is 2.23. The molecule has 0 fully saturated rings. The van der Waals surface area contributed by atoms with E-state index < -0.39 is 11.8 Å². The van der Waals surface area contributed by atoms with E-state index in [2.05, 4.69) is 25.6 Å². The van der Waals surface area contributed by atoms with Gasteiger partial charge in [0.15, 0.2) is 17.5 Å². The number of anilines is 1. The Bertz CT molecular complexity index is 815. The Morgan fingerprint density at radius 2 is 1.96 bits per heavy atom. The van der Waals surface area contributed by atoms with Crippen LogP contribution >= 0.6 is 0 Å². The normalized spacial score (nSPS) is 12.9. The minimum absolute atomic E-state index is 0.0175. The Kier molecular flexibility index (Phi) is 7.39. The molecule has 1 unspecified atom stereocenters. The SMILES string of the molecule is CC(=O)Nc1nc2c(nnn2COC(CCOC(C)C)OC(C)C)c(=O)[nH]1. The van der Waals surface area contributed by atoms with Crippen molar-refractivity contribution in [3.05, 3.63) is 10.4 Å². The molecular formula is C16H26N6O5. The van der Waals surface area contributed by atoms with E-state index in [-0.39, 0.29) is 42.0 Å². The number of aromatic nitrogens is 5. The largest absolute Gasteiger partial charge is 0.379 e. The number of H-pyrrole nitrogens is 1. The van der Waals surface area contributed by atoms with Crippen molar-refractivity contribution in [3.63, 3.8) is 0 Å². The van der Waals surface area contributed by atoms with Crippen LogP contribution in [-0.4, -0.2) is 56.0 Å². The van der Waals surface area contributed by atoms with Crippen LogP contribution in [-0.2, 0) is 25.7 Å². The maximum absolute atomic E-state index is 12.0. The molecule has 150 valence electrons. The highest BCUT2D eigenvalue weighted by atomic mass is 16.7. The van der Waals surface area contributed by atoms with Crippen LogP contribution in [0.5, 0.6) is 0 Å². The molecule has 0 aliphatic rings. The Morgan fingerprint density at radius 1 is 1.22 bits per heavy atom. The van der Waals surface area contributed by atoms with Gasteiger partial charge < -0.3 is 14.2 Å². The Balaban J connectivity index is 2.11. The topological polar surface area (TPSA) is 133 Å². The molecule has 1 amide bonds. The highest BCUT2D eigenvalue weighted by molar-refractivity contribution is 5.87. The molecule has 0 aromatic carbocycles. The molecule has 2 aromatic heterocycles. The van der Waals surface area contributed by atoms with E-state index in [1.807, 2.05) is 27.7 Å². The van der Waals surface area contributed by atoms with Gasteiger partial charge in [0.1, 0.15) is 6.73 Å². The van der Waals surface area contributed by atoms with Crippen molar-refractivity contribution in [2.24, 2.45) is 0 Å². The number of carbonyl (C=O) groups is 1. The van der Waals surface area contributed by atoms with Crippen molar-refractivity contribution in [1.29, 1.82) is 0 Å². The van der Waals surface area contributed by atoms with Gasteiger partial charge in [0.2, 0.25) is 11.9 Å². The molecule has 0 aliphatic carbocycles. The second-order valence-electron chi connectivity index (χ2n) is 6.48. The number of rotatable bonds is 10. The lowest BCUT2D eigenvalue weighted by molar-refractivity contribution is -0.191. The van der Waals surface area contributed by atoms with Crippen LogP contribution in [0.15, 0.2) is 4.79 Å². The van der Waals surface area contributed by atoms with Gasteiger partial charge in [-0.2, -0.15) is 4.98 Å². The first kappa shape index (κ1) is 20.9. The van der Waals surface area contributed by atoms with Crippen LogP contribution in [0.4, 0.5) is 5.95 Å². The smallest absolute Gasteiger partial charge is 0.282 e. The molecule has 0 spiro atoms. The third-order valence-electron chi connectivity index (χ3n) is 3.28. The van der Waals surface area contributed by atoms with Gasteiger partial charge in [-0.3, -0.25) is 19.9 Å². The summed E-state index contributed by atoms with van der Waals surface area (Å²) in [5, 5.41) is 10.1. The molecule has 0 bridgehead atoms. The lowest BCUT2D eigenvalue weighted by atomic mass is 10.4. The highest BCUT2D eigenvalue weighted by Gasteiger charge is 2.16. The quantitative estimate of drug-likeness (QED) is 0.582. The summed E-state index contributed by atoms with van der Waals surface area (Å²) in [4.78, 5) is 29.8. The summed E-state index contributed by atoms with van der Waals surface area (Å²) in [5.41, 5.74) is -0.253. The van der Waals surface area contributed by atoms with Gasteiger partial charge in [-0.05, 0) is 27.7 Å². The number of nitrogens with one attached hydrogen (secondary N) is 2. The summed E-state index contributed by atoms with van der Waals surface area (Å²) in [5.74, 6) is -0.341. The molecular weight excluding hydrogens is 356 g/mol. The number of carbonyl (C=O) groups excluding carboxylic acids is 1. The van der Waals surface area contributed by atoms with Gasteiger partial charge in [-0.15, -0.1) is 5.10 Å². The minimum atomic E-state index is -0.514. The summed E-state index contributed by atoms with van der Waals surface area (Å²) in [6, 6.07) is 0. The van der Waals surface area contributed by atoms with Crippen LogP contribution in [0, 0.1) is 0 Å². The van der Waals surface area contributed by atoms with Gasteiger partial charge >= 0.3 is 0 Å². The van der Waals surface area contributed by atoms with Crippen LogP contribution in [0.3, 0.4) is 0 Å². The highest BCUT2D eigenvalue weighted by Crippen LogP contribution is 2.10. The first-order chi connectivity index (χ1) is 12.8. The van der Waals surface area contributed by atoms with Crippen LogP contribution in [0.2, 0.25) is 0 Å². The summed E-state index contributed by atoms with van der Waals surface area (Å²) in [6.45, 7) is 9.50. The first-order valence-corrected chi connectivity index (χ1v) is 8.76. The first-order valence-electron chi connectivity index (χ1n) is 8.76. The van der Waals surface area contributed by atoms with E-state index in [1.165, 1.54) is 11.6 Å². The Labute approximate surface area is 156 Å². The molecule has 2 heterocycles. The molecule has 0 saturated carbocycles. The van der Waals surface area contributed by atoms with E-state index in [0.29, 0.717) is 13.0 Å². The number of aromatic amines is 1. The van der Waals surface area contributed by atoms with Crippen molar-refractivity contribution < 1.29 is 19.0 Å². The van der Waals surface area contributed by atoms with Crippen LogP contribution in [0.1, 0.15) is 41.0 Å². The van der Waals surface area contributed by atoms with E-state index in [1.54, 1.807) is 0 Å². The number of hydrogen-bond donors (Lipinski definition) is 2. The molecule has 0 saturated heterocycles. The van der Waals surface area contributed by atoms with Gasteiger partial charge in [-0.25, -0.2) is 4.68 Å². The number of nitrogens with zero attached hydrogens (tertiary/aromatic N) is 4. The van der Waals surface area contributed by atoms with Crippen molar-refractivity contribution in [1.82, 2.24) is 25.0 Å². The molecule has 0 aliphatic heterocycles. The van der Waals surface area contributed by atoms with Crippen molar-refractivity contribution >= 4 is 23.0 Å². The van der Waals surface area contributed by atoms with Gasteiger partial charge in [-0.1, -0.05) is 5.21 Å². The van der Waals surface area contributed by atoms with Gasteiger partial charge in [0.05, 0.1) is 18.8 Å². The van der Waals surface area contributed by atoms with Crippen molar-refractivity contribution in [2.45, 2.75) is 66.3 Å². The molecule has 11 heteroatoms. The molecule has 27 heavy (non-hydrogen) atoms. The number of ether oxygens (including phenoxy) is 3. The van der Waals surface area contributed by atoms with Crippen LogP contribution < -0.4 is 10.9 Å². The molecule has 1 atom stereocenters. The van der Waals surface area contributed by atoms with E-state index in [9.17, 15) is 9.59 Å². The maximum atomic E-state index is 12.0. The summed E-state index contributed by atoms with van der Waals surface area (Å²) in [7, 11) is 0. The predicted octanol–water partition coefficient (Wildman–Crippen LogP) is 1.01. The van der Waals surface area contributed by atoms with Crippen molar-refractivity contribution in [3.8, 4) is 0 Å². The van der Waals surface area contributed by atoms with Gasteiger partial charge in [0.25, 0.3) is 5.56 Å². The zero-order chi connectivity index (χ0) is 20.0. The monoisotopic (exact) mass is 382 g/mol. The lowest BCUT2D eigenvalue weighted by Gasteiger charge is -2.21. The average molecular weight is 382 g/mol. The molecule has 11 nitrogen and oxygen atoms in total. The lowest BCUT2D eigenvalue weighted by Crippen LogP contribution is -2.25. The Hall–Kier alpha value is -2.37. The molecule has 2 aromatic rings. The van der Waals surface area contributed by atoms with Crippen LogP contribution in [0.25, 0.3) is 11.2 Å². The van der Waals surface area contributed by atoms with E-state index in [0.717, 1.165) is 0 Å². The van der Waals surface area contributed by atoms with E-state index >= 15 is 0 Å². The maximum Gasteiger partial charge on any atom is 0.282 e.